The predicted octanol–water partition coefficient (Wildman–Crippen LogP) is 1.33. The van der Waals surface area contributed by atoms with E-state index in [-0.39, 0.29) is 24.2 Å². The maximum absolute atomic E-state index is 12.1. The van der Waals surface area contributed by atoms with Crippen LogP contribution in [0.2, 0.25) is 0 Å². The molecule has 0 aliphatic carbocycles. The van der Waals surface area contributed by atoms with Gasteiger partial charge in [0, 0.05) is 24.2 Å². The Bertz CT molecular complexity index is 542. The summed E-state index contributed by atoms with van der Waals surface area (Å²) in [6, 6.07) is 5.47. The van der Waals surface area contributed by atoms with Crippen LogP contribution in [0.25, 0.3) is 0 Å². The van der Waals surface area contributed by atoms with Gasteiger partial charge in [-0.25, -0.2) is 0 Å². The zero-order valence-corrected chi connectivity index (χ0v) is 12.6. The highest BCUT2D eigenvalue weighted by Crippen LogP contribution is 2.23. The molecule has 0 spiro atoms. The van der Waals surface area contributed by atoms with E-state index in [1.165, 1.54) is 0 Å². The van der Waals surface area contributed by atoms with Crippen molar-refractivity contribution in [2.45, 2.75) is 19.3 Å². The second-order valence-electron chi connectivity index (χ2n) is 5.49. The molecule has 114 valence electrons. The number of aryl methyl sites for hydroxylation is 1. The molecule has 1 unspecified atom stereocenters. The molecule has 2 aliphatic heterocycles. The van der Waals surface area contributed by atoms with Crippen molar-refractivity contribution in [1.82, 2.24) is 10.6 Å². The van der Waals surface area contributed by atoms with Gasteiger partial charge in [-0.1, -0.05) is 0 Å². The quantitative estimate of drug-likeness (QED) is 0.789. The summed E-state index contributed by atoms with van der Waals surface area (Å²) in [6.45, 7) is 2.75. The van der Waals surface area contributed by atoms with Crippen molar-refractivity contribution in [2.75, 3.05) is 25.0 Å². The second-order valence-corrected chi connectivity index (χ2v) is 5.49. The van der Waals surface area contributed by atoms with Gasteiger partial charge in [0.25, 0.3) is 5.91 Å². The van der Waals surface area contributed by atoms with Gasteiger partial charge in [-0.3, -0.25) is 9.59 Å². The summed E-state index contributed by atoms with van der Waals surface area (Å²) < 4.78 is 0. The molecule has 0 bridgehead atoms. The van der Waals surface area contributed by atoms with E-state index < -0.39 is 0 Å². The lowest BCUT2D eigenvalue weighted by Crippen LogP contribution is -2.30. The number of nitrogens with one attached hydrogen (secondary N) is 3. The Morgan fingerprint density at radius 2 is 2.19 bits per heavy atom. The molecule has 2 amide bonds. The van der Waals surface area contributed by atoms with Crippen LogP contribution in [-0.4, -0.2) is 31.4 Å². The average molecular weight is 310 g/mol. The smallest absolute Gasteiger partial charge is 0.251 e. The van der Waals surface area contributed by atoms with Gasteiger partial charge in [0.2, 0.25) is 5.91 Å². The van der Waals surface area contributed by atoms with Crippen molar-refractivity contribution in [3.63, 3.8) is 0 Å². The van der Waals surface area contributed by atoms with E-state index in [1.807, 2.05) is 12.1 Å². The summed E-state index contributed by atoms with van der Waals surface area (Å²) in [5.41, 5.74) is 2.54. The Balaban J connectivity index is 0.00000161. The number of anilines is 1. The molecular formula is C15H20ClN3O2. The number of hydrogen-bond acceptors (Lipinski definition) is 3. The number of carbonyl (C=O) groups is 2. The molecule has 0 aromatic heterocycles. The fourth-order valence-corrected chi connectivity index (χ4v) is 2.75. The lowest BCUT2D eigenvalue weighted by molar-refractivity contribution is -0.116. The summed E-state index contributed by atoms with van der Waals surface area (Å²) in [6.07, 6.45) is 2.32. The summed E-state index contributed by atoms with van der Waals surface area (Å²) in [4.78, 5) is 23.4. The Kier molecular flexibility index (Phi) is 5.20. The summed E-state index contributed by atoms with van der Waals surface area (Å²) in [5.74, 6) is 0.552. The number of fused-ring (bicyclic) bond motifs is 1. The number of halogens is 1. The van der Waals surface area contributed by atoms with Crippen molar-refractivity contribution in [3.05, 3.63) is 29.3 Å². The highest BCUT2D eigenvalue weighted by atomic mass is 35.5. The summed E-state index contributed by atoms with van der Waals surface area (Å²) >= 11 is 0. The molecule has 0 saturated carbocycles. The van der Waals surface area contributed by atoms with E-state index in [4.69, 9.17) is 0 Å². The van der Waals surface area contributed by atoms with Crippen LogP contribution in [0.1, 0.15) is 28.8 Å². The number of amides is 2. The largest absolute Gasteiger partial charge is 0.352 e. The van der Waals surface area contributed by atoms with Crippen molar-refractivity contribution >= 4 is 29.9 Å². The predicted molar refractivity (Wildman–Crippen MR) is 84.0 cm³/mol. The van der Waals surface area contributed by atoms with E-state index in [0.29, 0.717) is 24.3 Å². The third-order valence-corrected chi connectivity index (χ3v) is 3.98. The first-order valence-corrected chi connectivity index (χ1v) is 7.14. The zero-order valence-electron chi connectivity index (χ0n) is 11.8. The van der Waals surface area contributed by atoms with E-state index in [0.717, 1.165) is 37.3 Å². The molecule has 0 radical (unpaired) electrons. The Morgan fingerprint density at radius 3 is 2.95 bits per heavy atom. The molecule has 1 aromatic carbocycles. The normalized spacial score (nSPS) is 20.2. The minimum absolute atomic E-state index is 0. The first-order valence-electron chi connectivity index (χ1n) is 7.14. The lowest BCUT2D eigenvalue weighted by Gasteiger charge is -2.17. The molecule has 1 aromatic rings. The first kappa shape index (κ1) is 15.8. The molecular weight excluding hydrogens is 290 g/mol. The highest BCUT2D eigenvalue weighted by molar-refractivity contribution is 5.97. The van der Waals surface area contributed by atoms with Crippen molar-refractivity contribution < 1.29 is 9.59 Å². The fourth-order valence-electron chi connectivity index (χ4n) is 2.75. The van der Waals surface area contributed by atoms with Crippen molar-refractivity contribution in [2.24, 2.45) is 5.92 Å². The number of rotatable bonds is 3. The molecule has 2 heterocycles. The highest BCUT2D eigenvalue weighted by Gasteiger charge is 2.18. The van der Waals surface area contributed by atoms with Gasteiger partial charge in [-0.2, -0.15) is 0 Å². The van der Waals surface area contributed by atoms with Crippen LogP contribution in [0.4, 0.5) is 5.69 Å². The molecule has 5 nitrogen and oxygen atoms in total. The minimum Gasteiger partial charge on any atom is -0.352 e. The summed E-state index contributed by atoms with van der Waals surface area (Å²) in [7, 11) is 0. The van der Waals surface area contributed by atoms with Gasteiger partial charge in [0.05, 0.1) is 0 Å². The van der Waals surface area contributed by atoms with Gasteiger partial charge >= 0.3 is 0 Å². The second kappa shape index (κ2) is 6.91. The van der Waals surface area contributed by atoms with E-state index in [2.05, 4.69) is 16.0 Å². The molecule has 21 heavy (non-hydrogen) atoms. The van der Waals surface area contributed by atoms with E-state index in [9.17, 15) is 9.59 Å². The lowest BCUT2D eigenvalue weighted by atomic mass is 10.00. The number of hydrogen-bond donors (Lipinski definition) is 3. The zero-order chi connectivity index (χ0) is 13.9. The molecule has 3 rings (SSSR count). The monoisotopic (exact) mass is 309 g/mol. The number of carbonyl (C=O) groups excluding carboxylic acids is 2. The molecule has 1 fully saturated rings. The Labute approximate surface area is 130 Å². The average Bonchev–Trinajstić information content (AvgIpc) is 2.97. The molecule has 1 atom stereocenters. The fraction of sp³-hybridized carbons (Fsp3) is 0.467. The van der Waals surface area contributed by atoms with Crippen LogP contribution in [0, 0.1) is 5.92 Å². The van der Waals surface area contributed by atoms with Crippen LogP contribution in [0.5, 0.6) is 0 Å². The maximum atomic E-state index is 12.1. The van der Waals surface area contributed by atoms with Crippen LogP contribution in [-0.2, 0) is 11.2 Å². The maximum Gasteiger partial charge on any atom is 0.251 e. The van der Waals surface area contributed by atoms with Crippen molar-refractivity contribution in [1.29, 1.82) is 0 Å². The van der Waals surface area contributed by atoms with Gasteiger partial charge < -0.3 is 16.0 Å². The standard InChI is InChI=1S/C15H19N3O2.ClH/c19-14-4-2-11-7-12(1-3-13(11)18-14)15(20)17-9-10-5-6-16-8-10;/h1,3,7,10,16H,2,4-6,8-9H2,(H,17,20)(H,18,19);1H. The van der Waals surface area contributed by atoms with Gasteiger partial charge in [0.1, 0.15) is 0 Å². The van der Waals surface area contributed by atoms with Crippen molar-refractivity contribution in [3.8, 4) is 0 Å². The van der Waals surface area contributed by atoms with Crippen LogP contribution >= 0.6 is 12.4 Å². The van der Waals surface area contributed by atoms with E-state index in [1.54, 1.807) is 6.07 Å². The minimum atomic E-state index is -0.0309. The topological polar surface area (TPSA) is 70.2 Å². The van der Waals surface area contributed by atoms with Crippen LogP contribution in [0.3, 0.4) is 0 Å². The van der Waals surface area contributed by atoms with E-state index >= 15 is 0 Å². The number of benzene rings is 1. The Morgan fingerprint density at radius 1 is 1.33 bits per heavy atom. The van der Waals surface area contributed by atoms with Gasteiger partial charge in [-0.15, -0.1) is 12.4 Å². The third kappa shape index (κ3) is 3.74. The van der Waals surface area contributed by atoms with Crippen LogP contribution in [0.15, 0.2) is 18.2 Å². The SMILES string of the molecule is Cl.O=C1CCc2cc(C(=O)NCC3CCNC3)ccc2N1. The van der Waals surface area contributed by atoms with Crippen LogP contribution < -0.4 is 16.0 Å². The first-order chi connectivity index (χ1) is 9.72. The van der Waals surface area contributed by atoms with Gasteiger partial charge in [0.15, 0.2) is 0 Å². The molecule has 1 saturated heterocycles. The molecule has 3 N–H and O–H groups in total. The third-order valence-electron chi connectivity index (χ3n) is 3.98. The Hall–Kier alpha value is -1.59. The molecule has 2 aliphatic rings. The summed E-state index contributed by atoms with van der Waals surface area (Å²) in [5, 5.41) is 9.10. The van der Waals surface area contributed by atoms with Gasteiger partial charge in [-0.05, 0) is 55.6 Å². The molecule has 6 heteroatoms.